The summed E-state index contributed by atoms with van der Waals surface area (Å²) < 4.78 is 1.37. The van der Waals surface area contributed by atoms with E-state index in [1.807, 2.05) is 18.2 Å². The maximum Gasteiger partial charge on any atom is 0.272 e. The van der Waals surface area contributed by atoms with Crippen LogP contribution in [0.3, 0.4) is 0 Å². The Morgan fingerprint density at radius 2 is 1.88 bits per heavy atom. The lowest BCUT2D eigenvalue weighted by atomic mass is 10.0. The Bertz CT molecular complexity index is 715. The molecule has 1 aromatic heterocycles. The molecule has 0 fully saturated rings. The normalized spacial score (nSPS) is 11.7. The molecule has 0 aliphatic carbocycles. The molecular formula is C17H24ClN5O2. The molecule has 0 radical (unpaired) electrons. The summed E-state index contributed by atoms with van der Waals surface area (Å²) in [7, 11) is 0. The Morgan fingerprint density at radius 1 is 1.24 bits per heavy atom. The van der Waals surface area contributed by atoms with Gasteiger partial charge in [-0.1, -0.05) is 32.0 Å². The summed E-state index contributed by atoms with van der Waals surface area (Å²) in [6.45, 7) is 4.46. The predicted octanol–water partition coefficient (Wildman–Crippen LogP) is 1.50. The largest absolute Gasteiger partial charge is 0.364 e. The van der Waals surface area contributed by atoms with Crippen LogP contribution in [0.4, 0.5) is 0 Å². The summed E-state index contributed by atoms with van der Waals surface area (Å²) in [5.74, 6) is -0.617. The van der Waals surface area contributed by atoms with E-state index >= 15 is 0 Å². The van der Waals surface area contributed by atoms with Crippen LogP contribution in [-0.2, 0) is 0 Å². The number of carbonyl (C=O) groups excluding carboxylic acids is 2. The standard InChI is InChI=1S/C17H23N5O2.ClH/c1-11(2)8-12(10-18)20-17(24)14-9-15(16(19)23)22(21-14)13-6-4-3-5-7-13;/h3-7,9,11-12H,8,10,18H2,1-2H3,(H2,19,23)(H,20,24);1H. The predicted molar refractivity (Wildman–Crippen MR) is 99.1 cm³/mol. The molecule has 1 heterocycles. The zero-order valence-electron chi connectivity index (χ0n) is 14.3. The minimum atomic E-state index is -0.650. The van der Waals surface area contributed by atoms with E-state index in [2.05, 4.69) is 24.3 Å². The molecule has 0 saturated carbocycles. The van der Waals surface area contributed by atoms with Crippen LogP contribution in [0, 0.1) is 5.92 Å². The Balaban J connectivity index is 0.00000312. The number of carbonyl (C=O) groups is 2. The monoisotopic (exact) mass is 365 g/mol. The third-order valence-corrected chi connectivity index (χ3v) is 3.57. The van der Waals surface area contributed by atoms with Gasteiger partial charge in [-0.15, -0.1) is 12.4 Å². The zero-order chi connectivity index (χ0) is 17.7. The van der Waals surface area contributed by atoms with Gasteiger partial charge in [-0.2, -0.15) is 5.10 Å². The molecule has 0 bridgehead atoms. The van der Waals surface area contributed by atoms with Crippen LogP contribution in [0.5, 0.6) is 0 Å². The van der Waals surface area contributed by atoms with Crippen molar-refractivity contribution in [3.63, 3.8) is 0 Å². The molecule has 1 atom stereocenters. The van der Waals surface area contributed by atoms with Gasteiger partial charge in [0, 0.05) is 18.7 Å². The molecule has 0 saturated heterocycles. The van der Waals surface area contributed by atoms with Gasteiger partial charge in [-0.3, -0.25) is 9.59 Å². The van der Waals surface area contributed by atoms with Crippen molar-refractivity contribution in [2.24, 2.45) is 17.4 Å². The van der Waals surface area contributed by atoms with E-state index < -0.39 is 5.91 Å². The number of nitrogens with two attached hydrogens (primary N) is 2. The highest BCUT2D eigenvalue weighted by atomic mass is 35.5. The van der Waals surface area contributed by atoms with Crippen LogP contribution in [0.25, 0.3) is 5.69 Å². The fourth-order valence-corrected chi connectivity index (χ4v) is 2.48. The van der Waals surface area contributed by atoms with Crippen molar-refractivity contribution >= 4 is 24.2 Å². The van der Waals surface area contributed by atoms with Crippen LogP contribution in [-0.4, -0.2) is 34.2 Å². The average molecular weight is 366 g/mol. The van der Waals surface area contributed by atoms with Crippen molar-refractivity contribution in [1.29, 1.82) is 0 Å². The van der Waals surface area contributed by atoms with Crippen molar-refractivity contribution in [3.05, 3.63) is 47.8 Å². The molecule has 8 heteroatoms. The Hall–Kier alpha value is -2.38. The second-order valence-electron chi connectivity index (χ2n) is 6.06. The number of nitrogens with zero attached hydrogens (tertiary/aromatic N) is 2. The Labute approximate surface area is 153 Å². The second-order valence-corrected chi connectivity index (χ2v) is 6.06. The van der Waals surface area contributed by atoms with Gasteiger partial charge in [-0.05, 0) is 24.5 Å². The molecule has 0 aliphatic rings. The Morgan fingerprint density at radius 3 is 2.40 bits per heavy atom. The van der Waals surface area contributed by atoms with Crippen LogP contribution in [0.2, 0.25) is 0 Å². The number of halogens is 1. The van der Waals surface area contributed by atoms with Gasteiger partial charge in [-0.25, -0.2) is 4.68 Å². The molecule has 2 amide bonds. The van der Waals surface area contributed by atoms with E-state index in [1.165, 1.54) is 10.7 Å². The lowest BCUT2D eigenvalue weighted by molar-refractivity contribution is 0.0927. The topological polar surface area (TPSA) is 116 Å². The fraction of sp³-hybridized carbons (Fsp3) is 0.353. The highest BCUT2D eigenvalue weighted by molar-refractivity contribution is 5.97. The van der Waals surface area contributed by atoms with Gasteiger partial charge >= 0.3 is 0 Å². The van der Waals surface area contributed by atoms with Crippen LogP contribution < -0.4 is 16.8 Å². The van der Waals surface area contributed by atoms with E-state index in [4.69, 9.17) is 11.5 Å². The summed E-state index contributed by atoms with van der Waals surface area (Å²) in [4.78, 5) is 24.1. The van der Waals surface area contributed by atoms with Gasteiger partial charge in [0.05, 0.1) is 5.69 Å². The highest BCUT2D eigenvalue weighted by Crippen LogP contribution is 2.13. The maximum atomic E-state index is 12.4. The first-order valence-electron chi connectivity index (χ1n) is 7.88. The first-order valence-corrected chi connectivity index (χ1v) is 7.88. The number of primary amides is 1. The molecule has 2 aromatic rings. The average Bonchev–Trinajstić information content (AvgIpc) is 3.00. The number of aromatic nitrogens is 2. The molecule has 0 aliphatic heterocycles. The van der Waals surface area contributed by atoms with E-state index in [0.717, 1.165) is 6.42 Å². The third kappa shape index (κ3) is 5.30. The SMILES string of the molecule is CC(C)CC(CN)NC(=O)c1cc(C(N)=O)n(-c2ccccc2)n1.Cl. The lowest BCUT2D eigenvalue weighted by Gasteiger charge is -2.18. The first-order chi connectivity index (χ1) is 11.4. The summed E-state index contributed by atoms with van der Waals surface area (Å²) >= 11 is 0. The minimum absolute atomic E-state index is 0. The van der Waals surface area contributed by atoms with Gasteiger partial charge in [0.2, 0.25) is 0 Å². The second kappa shape index (κ2) is 9.19. The molecule has 1 unspecified atom stereocenters. The van der Waals surface area contributed by atoms with Crippen LogP contribution in [0.15, 0.2) is 36.4 Å². The van der Waals surface area contributed by atoms with Gasteiger partial charge in [0.1, 0.15) is 5.69 Å². The van der Waals surface area contributed by atoms with Crippen molar-refractivity contribution in [3.8, 4) is 5.69 Å². The summed E-state index contributed by atoms with van der Waals surface area (Å²) in [5, 5.41) is 7.08. The number of amides is 2. The number of hydrogen-bond acceptors (Lipinski definition) is 4. The summed E-state index contributed by atoms with van der Waals surface area (Å²) in [5.41, 5.74) is 12.1. The number of rotatable bonds is 7. The van der Waals surface area contributed by atoms with E-state index in [9.17, 15) is 9.59 Å². The molecule has 1 aromatic carbocycles. The van der Waals surface area contributed by atoms with Crippen LogP contribution in [0.1, 0.15) is 41.2 Å². The van der Waals surface area contributed by atoms with E-state index in [1.54, 1.807) is 12.1 Å². The summed E-state index contributed by atoms with van der Waals surface area (Å²) in [6.07, 6.45) is 0.768. The lowest BCUT2D eigenvalue weighted by Crippen LogP contribution is -2.41. The van der Waals surface area contributed by atoms with Gasteiger partial charge in [0.25, 0.3) is 11.8 Å². The van der Waals surface area contributed by atoms with E-state index in [0.29, 0.717) is 18.2 Å². The molecule has 136 valence electrons. The Kier molecular flexibility index (Phi) is 7.60. The highest BCUT2D eigenvalue weighted by Gasteiger charge is 2.20. The van der Waals surface area contributed by atoms with Gasteiger partial charge in [0.15, 0.2) is 5.69 Å². The molecule has 7 nitrogen and oxygen atoms in total. The van der Waals surface area contributed by atoms with Crippen molar-refractivity contribution in [2.75, 3.05) is 6.54 Å². The number of para-hydroxylation sites is 1. The molecule has 25 heavy (non-hydrogen) atoms. The number of nitrogens with one attached hydrogen (secondary N) is 1. The molecule has 0 spiro atoms. The third-order valence-electron chi connectivity index (χ3n) is 3.57. The van der Waals surface area contributed by atoms with Crippen molar-refractivity contribution < 1.29 is 9.59 Å². The van der Waals surface area contributed by atoms with Crippen LogP contribution >= 0.6 is 12.4 Å². The minimum Gasteiger partial charge on any atom is -0.364 e. The molecule has 2 rings (SSSR count). The quantitative estimate of drug-likeness (QED) is 0.689. The number of hydrogen-bond donors (Lipinski definition) is 3. The number of benzene rings is 1. The summed E-state index contributed by atoms with van der Waals surface area (Å²) in [6, 6.07) is 10.3. The fourth-order valence-electron chi connectivity index (χ4n) is 2.48. The smallest absolute Gasteiger partial charge is 0.272 e. The maximum absolute atomic E-state index is 12.4. The van der Waals surface area contributed by atoms with Gasteiger partial charge < -0.3 is 16.8 Å². The molecular weight excluding hydrogens is 342 g/mol. The van der Waals surface area contributed by atoms with E-state index in [-0.39, 0.29) is 35.7 Å². The first kappa shape index (κ1) is 20.7. The zero-order valence-corrected chi connectivity index (χ0v) is 15.1. The molecule has 5 N–H and O–H groups in total. The van der Waals surface area contributed by atoms with Crippen molar-refractivity contribution in [1.82, 2.24) is 15.1 Å². The van der Waals surface area contributed by atoms with Crippen molar-refractivity contribution in [2.45, 2.75) is 26.3 Å².